The molecule has 1 N–H and O–H groups in total. The third-order valence-corrected chi connectivity index (χ3v) is 7.85. The predicted molar refractivity (Wildman–Crippen MR) is 93.9 cm³/mol. The zero-order valence-corrected chi connectivity index (χ0v) is 15.9. The molecule has 3 fully saturated rings. The molecule has 0 aromatic heterocycles. The summed E-state index contributed by atoms with van der Waals surface area (Å²) in [6, 6.07) is 0. The molecule has 6 heteroatoms. The molecule has 0 radical (unpaired) electrons. The molecule has 0 amide bonds. The number of aliphatic hydroxyl groups excluding tert-OH is 1. The summed E-state index contributed by atoms with van der Waals surface area (Å²) < 4.78 is 36.8. The zero-order valence-electron chi connectivity index (χ0n) is 15.9. The highest BCUT2D eigenvalue weighted by Gasteiger charge is 2.71. The number of ketones is 1. The summed E-state index contributed by atoms with van der Waals surface area (Å²) >= 11 is 0. The molecule has 0 spiro atoms. The van der Waals surface area contributed by atoms with Crippen LogP contribution in [0.1, 0.15) is 46.5 Å². The number of fused-ring (bicyclic) bond motifs is 5. The number of halogens is 2. The molecule has 27 heavy (non-hydrogen) atoms. The minimum Gasteiger partial charge on any atom is -0.425 e. The van der Waals surface area contributed by atoms with Crippen LogP contribution < -0.4 is 0 Å². The van der Waals surface area contributed by atoms with Crippen LogP contribution >= 0.6 is 0 Å². The highest BCUT2D eigenvalue weighted by molar-refractivity contribution is 6.05. The summed E-state index contributed by atoms with van der Waals surface area (Å²) in [4.78, 5) is 22.9. The first-order valence-corrected chi connectivity index (χ1v) is 9.67. The predicted octanol–water partition coefficient (Wildman–Crippen LogP) is 3.44. The van der Waals surface area contributed by atoms with Gasteiger partial charge in [-0.25, -0.2) is 8.78 Å². The fourth-order valence-corrected chi connectivity index (χ4v) is 6.85. The van der Waals surface area contributed by atoms with Crippen molar-refractivity contribution in [1.82, 2.24) is 0 Å². The van der Waals surface area contributed by atoms with E-state index in [0.717, 1.165) is 18.9 Å². The number of hydrogen-bond acceptors (Lipinski definition) is 4. The Morgan fingerprint density at radius 1 is 1.26 bits per heavy atom. The molecule has 0 aromatic carbocycles. The van der Waals surface area contributed by atoms with Crippen molar-refractivity contribution in [2.45, 2.75) is 64.4 Å². The highest BCUT2D eigenvalue weighted by Crippen LogP contribution is 2.68. The van der Waals surface area contributed by atoms with Crippen molar-refractivity contribution in [3.8, 4) is 0 Å². The van der Waals surface area contributed by atoms with Crippen molar-refractivity contribution in [3.63, 3.8) is 0 Å². The quantitative estimate of drug-likeness (QED) is 0.746. The molecule has 0 heterocycles. The van der Waals surface area contributed by atoms with Gasteiger partial charge in [0.1, 0.15) is 6.17 Å². The van der Waals surface area contributed by atoms with Crippen LogP contribution in [-0.2, 0) is 14.3 Å². The van der Waals surface area contributed by atoms with Crippen molar-refractivity contribution in [1.29, 1.82) is 0 Å². The fraction of sp³-hybridized carbons (Fsp3) is 0.714. The van der Waals surface area contributed by atoms with E-state index in [1.807, 2.05) is 0 Å². The van der Waals surface area contributed by atoms with Gasteiger partial charge in [-0.15, -0.1) is 0 Å². The van der Waals surface area contributed by atoms with Gasteiger partial charge < -0.3 is 9.84 Å². The topological polar surface area (TPSA) is 63.6 Å². The lowest BCUT2D eigenvalue weighted by Crippen LogP contribution is -2.67. The van der Waals surface area contributed by atoms with Gasteiger partial charge in [-0.1, -0.05) is 13.8 Å². The largest absolute Gasteiger partial charge is 0.425 e. The van der Waals surface area contributed by atoms with Crippen LogP contribution in [0.25, 0.3) is 0 Å². The molecule has 0 aromatic rings. The number of alkyl halides is 2. The van der Waals surface area contributed by atoms with Gasteiger partial charge in [0.15, 0.2) is 11.4 Å². The fourth-order valence-electron chi connectivity index (χ4n) is 6.85. The average molecular weight is 380 g/mol. The van der Waals surface area contributed by atoms with Crippen LogP contribution in [0.3, 0.4) is 0 Å². The van der Waals surface area contributed by atoms with E-state index in [0.29, 0.717) is 12.3 Å². The molecule has 4 aliphatic rings. The number of carbonyl (C=O) groups is 2. The first kappa shape index (κ1) is 18.8. The van der Waals surface area contributed by atoms with Crippen LogP contribution in [0.15, 0.2) is 23.5 Å². The zero-order chi connectivity index (χ0) is 19.8. The minimum absolute atomic E-state index is 0.0287. The van der Waals surface area contributed by atoms with Gasteiger partial charge in [-0.2, -0.15) is 0 Å². The van der Waals surface area contributed by atoms with E-state index in [2.05, 4.69) is 13.8 Å². The Morgan fingerprint density at radius 2 is 1.96 bits per heavy atom. The Hall–Kier alpha value is -1.56. The van der Waals surface area contributed by atoms with Gasteiger partial charge >= 0.3 is 0 Å². The lowest BCUT2D eigenvalue weighted by Gasteiger charge is -2.61. The first-order valence-electron chi connectivity index (χ1n) is 9.67. The molecule has 4 aliphatic carbocycles. The number of allylic oxidation sites excluding steroid dienone is 3. The maximum atomic E-state index is 16.8. The molecule has 148 valence electrons. The number of carbonyl (C=O) groups excluding carboxylic acids is 2. The minimum atomic E-state index is -2.12. The molecule has 0 aliphatic heterocycles. The third kappa shape index (κ3) is 2.28. The van der Waals surface area contributed by atoms with Crippen LogP contribution in [0.2, 0.25) is 0 Å². The van der Waals surface area contributed by atoms with Gasteiger partial charge in [-0.3, -0.25) is 9.59 Å². The van der Waals surface area contributed by atoms with Crippen LogP contribution in [-0.4, -0.2) is 35.3 Å². The van der Waals surface area contributed by atoms with Crippen molar-refractivity contribution in [2.75, 3.05) is 0 Å². The second-order valence-electron chi connectivity index (χ2n) is 9.49. The summed E-state index contributed by atoms with van der Waals surface area (Å²) in [5, 5.41) is 11.0. The molecule has 4 rings (SSSR count). The SMILES string of the molecule is C[C@@H]1C[C@H]2[C@@H]3C[C@H](F)C4=CC(=O)C(OC=O)=C[C@]4(C)[C@@]3(F)[C@@H](O)C[C@]2(C)C1. The van der Waals surface area contributed by atoms with E-state index in [9.17, 15) is 14.7 Å². The lowest BCUT2D eigenvalue weighted by atomic mass is 9.45. The van der Waals surface area contributed by atoms with Crippen LogP contribution in [0.4, 0.5) is 8.78 Å². The maximum Gasteiger partial charge on any atom is 0.298 e. The van der Waals surface area contributed by atoms with Gasteiger partial charge in [0.05, 0.1) is 11.5 Å². The standard InChI is InChI=1S/C21H26F2O4/c1-11-4-12-13-5-15(22)14-6-16(25)17(27-10-24)8-20(14,3)21(13,23)18(26)9-19(12,2)7-11/h6,8,10-13,15,18,26H,4-5,7,9H2,1-3H3/t11-,12+,13+,15+,18+,19+,20+,21+/m1/s1. The van der Waals surface area contributed by atoms with Gasteiger partial charge in [0.25, 0.3) is 6.47 Å². The Labute approximate surface area is 157 Å². The summed E-state index contributed by atoms with van der Waals surface area (Å²) in [5.41, 5.74) is -3.83. The van der Waals surface area contributed by atoms with Crippen molar-refractivity contribution in [3.05, 3.63) is 23.5 Å². The van der Waals surface area contributed by atoms with E-state index in [-0.39, 0.29) is 35.6 Å². The van der Waals surface area contributed by atoms with Crippen LogP contribution in [0.5, 0.6) is 0 Å². The van der Waals surface area contributed by atoms with Crippen molar-refractivity contribution in [2.24, 2.45) is 28.6 Å². The van der Waals surface area contributed by atoms with Crippen molar-refractivity contribution < 1.29 is 28.2 Å². The number of hydrogen-bond donors (Lipinski definition) is 1. The molecule has 0 unspecified atom stereocenters. The van der Waals surface area contributed by atoms with E-state index in [1.54, 1.807) is 0 Å². The Kier molecular flexibility index (Phi) is 3.98. The third-order valence-electron chi connectivity index (χ3n) is 7.85. The molecule has 0 saturated heterocycles. The number of aliphatic hydroxyl groups is 1. The van der Waals surface area contributed by atoms with E-state index in [1.165, 1.54) is 13.0 Å². The smallest absolute Gasteiger partial charge is 0.298 e. The average Bonchev–Trinajstić information content (AvgIpc) is 2.87. The Balaban J connectivity index is 1.87. The number of rotatable bonds is 2. The molecule has 3 saturated carbocycles. The van der Waals surface area contributed by atoms with Gasteiger partial charge in [0.2, 0.25) is 5.78 Å². The van der Waals surface area contributed by atoms with Crippen molar-refractivity contribution >= 4 is 12.3 Å². The second-order valence-corrected chi connectivity index (χ2v) is 9.49. The van der Waals surface area contributed by atoms with Gasteiger partial charge in [-0.05, 0) is 67.6 Å². The normalized spacial score (nSPS) is 51.5. The lowest BCUT2D eigenvalue weighted by molar-refractivity contribution is -0.196. The Bertz CT molecular complexity index is 761. The maximum absolute atomic E-state index is 16.8. The molecule has 8 atom stereocenters. The van der Waals surface area contributed by atoms with Crippen LogP contribution in [0, 0.1) is 28.6 Å². The second kappa shape index (κ2) is 5.72. The van der Waals surface area contributed by atoms with E-state index >= 15 is 8.78 Å². The highest BCUT2D eigenvalue weighted by atomic mass is 19.1. The Morgan fingerprint density at radius 3 is 2.63 bits per heavy atom. The summed E-state index contributed by atoms with van der Waals surface area (Å²) in [5.74, 6) is -1.24. The summed E-state index contributed by atoms with van der Waals surface area (Å²) in [6.45, 7) is 5.82. The number of ether oxygens (including phenoxy) is 1. The first-order chi connectivity index (χ1) is 12.6. The molecular formula is C21H26F2O4. The van der Waals surface area contributed by atoms with Gasteiger partial charge in [0, 0.05) is 5.92 Å². The van der Waals surface area contributed by atoms with E-state index in [4.69, 9.17) is 4.74 Å². The molecular weight excluding hydrogens is 354 g/mol. The molecule has 4 nitrogen and oxygen atoms in total. The monoisotopic (exact) mass is 380 g/mol. The summed E-state index contributed by atoms with van der Waals surface area (Å²) in [7, 11) is 0. The summed E-state index contributed by atoms with van der Waals surface area (Å²) in [6.07, 6.45) is 1.51. The molecule has 0 bridgehead atoms. The van der Waals surface area contributed by atoms with E-state index < -0.39 is 35.1 Å².